The molecule has 30 heavy (non-hydrogen) atoms. The maximum atomic E-state index is 13.1. The minimum Gasteiger partial charge on any atom is -0.493 e. The van der Waals surface area contributed by atoms with Crippen molar-refractivity contribution in [3.05, 3.63) is 59.2 Å². The highest BCUT2D eigenvalue weighted by atomic mass is 16.5. The summed E-state index contributed by atoms with van der Waals surface area (Å²) < 4.78 is 10.6. The zero-order valence-corrected chi connectivity index (χ0v) is 18.1. The van der Waals surface area contributed by atoms with Crippen molar-refractivity contribution in [2.24, 2.45) is 5.92 Å². The van der Waals surface area contributed by atoms with Crippen molar-refractivity contribution in [2.75, 3.05) is 20.8 Å². The Labute approximate surface area is 178 Å². The molecule has 2 amide bonds. The SMILES string of the molecule is CC[C@H](C)[C@@H](C(=O)NCCc1ccc(OC)c(OC)c1)N1Cc2ccccc2C1=O. The van der Waals surface area contributed by atoms with Gasteiger partial charge in [-0.25, -0.2) is 0 Å². The first-order valence-corrected chi connectivity index (χ1v) is 10.4. The monoisotopic (exact) mass is 410 g/mol. The van der Waals surface area contributed by atoms with Gasteiger partial charge in [0.05, 0.1) is 14.2 Å². The second kappa shape index (κ2) is 9.65. The van der Waals surface area contributed by atoms with Gasteiger partial charge in [0.15, 0.2) is 11.5 Å². The summed E-state index contributed by atoms with van der Waals surface area (Å²) in [6, 6.07) is 12.8. The maximum absolute atomic E-state index is 13.1. The van der Waals surface area contributed by atoms with Gasteiger partial charge in [-0.05, 0) is 41.7 Å². The molecule has 0 radical (unpaired) electrons. The molecule has 3 rings (SSSR count). The summed E-state index contributed by atoms with van der Waals surface area (Å²) >= 11 is 0. The van der Waals surface area contributed by atoms with Crippen LogP contribution < -0.4 is 14.8 Å². The second-order valence-electron chi connectivity index (χ2n) is 7.65. The van der Waals surface area contributed by atoms with Crippen LogP contribution in [0.3, 0.4) is 0 Å². The first-order chi connectivity index (χ1) is 14.5. The van der Waals surface area contributed by atoms with Gasteiger partial charge in [0.1, 0.15) is 6.04 Å². The molecule has 0 bridgehead atoms. The standard InChI is InChI=1S/C24H30N2O4/c1-5-16(2)22(26-15-18-8-6-7-9-19(18)24(26)28)23(27)25-13-12-17-10-11-20(29-3)21(14-17)30-4/h6-11,14,16,22H,5,12-13,15H2,1-4H3,(H,25,27)/t16-,22-/m0/s1. The lowest BCUT2D eigenvalue weighted by molar-refractivity contribution is -0.127. The highest BCUT2D eigenvalue weighted by molar-refractivity contribution is 6.01. The molecule has 0 saturated heterocycles. The van der Waals surface area contributed by atoms with E-state index < -0.39 is 6.04 Å². The van der Waals surface area contributed by atoms with Crippen LogP contribution in [0.25, 0.3) is 0 Å². The Balaban J connectivity index is 1.66. The Kier molecular flexibility index (Phi) is 6.98. The molecule has 1 aliphatic heterocycles. The average molecular weight is 411 g/mol. The quantitative estimate of drug-likeness (QED) is 0.688. The van der Waals surface area contributed by atoms with E-state index in [9.17, 15) is 9.59 Å². The van der Waals surface area contributed by atoms with E-state index >= 15 is 0 Å². The molecule has 0 aromatic heterocycles. The third-order valence-electron chi connectivity index (χ3n) is 5.80. The largest absolute Gasteiger partial charge is 0.493 e. The first kappa shape index (κ1) is 21.7. The smallest absolute Gasteiger partial charge is 0.255 e. The number of hydrogen-bond acceptors (Lipinski definition) is 4. The zero-order valence-electron chi connectivity index (χ0n) is 18.1. The van der Waals surface area contributed by atoms with Gasteiger partial charge in [-0.3, -0.25) is 9.59 Å². The second-order valence-corrected chi connectivity index (χ2v) is 7.65. The lowest BCUT2D eigenvalue weighted by Gasteiger charge is -2.31. The van der Waals surface area contributed by atoms with E-state index in [0.29, 0.717) is 36.6 Å². The number of carbonyl (C=O) groups excluding carboxylic acids is 2. The van der Waals surface area contributed by atoms with Crippen molar-refractivity contribution >= 4 is 11.8 Å². The Morgan fingerprint density at radius 2 is 1.87 bits per heavy atom. The molecule has 1 heterocycles. The molecule has 1 N–H and O–H groups in total. The Morgan fingerprint density at radius 1 is 1.13 bits per heavy atom. The van der Waals surface area contributed by atoms with Gasteiger partial charge in [0.25, 0.3) is 5.91 Å². The molecule has 6 heteroatoms. The Hall–Kier alpha value is -3.02. The van der Waals surface area contributed by atoms with Gasteiger partial charge in [0.2, 0.25) is 5.91 Å². The molecule has 2 aromatic rings. The van der Waals surface area contributed by atoms with Crippen LogP contribution >= 0.6 is 0 Å². The number of amides is 2. The van der Waals surface area contributed by atoms with E-state index in [2.05, 4.69) is 5.32 Å². The molecular formula is C24H30N2O4. The van der Waals surface area contributed by atoms with Crippen molar-refractivity contribution in [2.45, 2.75) is 39.3 Å². The fourth-order valence-electron chi connectivity index (χ4n) is 3.90. The van der Waals surface area contributed by atoms with Crippen LogP contribution in [0.4, 0.5) is 0 Å². The topological polar surface area (TPSA) is 67.9 Å². The lowest BCUT2D eigenvalue weighted by Crippen LogP contribution is -2.50. The van der Waals surface area contributed by atoms with Crippen LogP contribution in [0.5, 0.6) is 11.5 Å². The van der Waals surface area contributed by atoms with Crippen molar-refractivity contribution in [1.29, 1.82) is 0 Å². The van der Waals surface area contributed by atoms with E-state index in [1.165, 1.54) is 0 Å². The van der Waals surface area contributed by atoms with Crippen LogP contribution in [0.2, 0.25) is 0 Å². The predicted molar refractivity (Wildman–Crippen MR) is 116 cm³/mol. The van der Waals surface area contributed by atoms with Crippen molar-refractivity contribution in [3.8, 4) is 11.5 Å². The Bertz CT molecular complexity index is 912. The molecule has 0 aliphatic carbocycles. The molecule has 2 aromatic carbocycles. The summed E-state index contributed by atoms with van der Waals surface area (Å²) in [5.74, 6) is 1.23. The van der Waals surface area contributed by atoms with Crippen LogP contribution in [0, 0.1) is 5.92 Å². The minimum absolute atomic E-state index is 0.0596. The number of ether oxygens (including phenoxy) is 2. The summed E-state index contributed by atoms with van der Waals surface area (Å²) in [6.07, 6.45) is 1.47. The van der Waals surface area contributed by atoms with E-state index in [1.807, 2.05) is 56.3 Å². The number of hydrogen-bond donors (Lipinski definition) is 1. The first-order valence-electron chi connectivity index (χ1n) is 10.4. The molecule has 6 nitrogen and oxygen atoms in total. The summed E-state index contributed by atoms with van der Waals surface area (Å²) in [5.41, 5.74) is 2.72. The molecular weight excluding hydrogens is 380 g/mol. The van der Waals surface area contributed by atoms with Gasteiger partial charge in [-0.15, -0.1) is 0 Å². The highest BCUT2D eigenvalue weighted by Gasteiger charge is 2.38. The van der Waals surface area contributed by atoms with E-state index in [1.54, 1.807) is 19.1 Å². The minimum atomic E-state index is -0.486. The Morgan fingerprint density at radius 3 is 2.53 bits per heavy atom. The van der Waals surface area contributed by atoms with Crippen LogP contribution in [-0.2, 0) is 17.8 Å². The number of benzene rings is 2. The number of rotatable bonds is 9. The number of methoxy groups -OCH3 is 2. The number of fused-ring (bicyclic) bond motifs is 1. The highest BCUT2D eigenvalue weighted by Crippen LogP contribution is 2.29. The average Bonchev–Trinajstić information content (AvgIpc) is 3.09. The van der Waals surface area contributed by atoms with Crippen molar-refractivity contribution < 1.29 is 19.1 Å². The van der Waals surface area contributed by atoms with Gasteiger partial charge >= 0.3 is 0 Å². The number of nitrogens with one attached hydrogen (secondary N) is 1. The van der Waals surface area contributed by atoms with Gasteiger partial charge < -0.3 is 19.7 Å². The summed E-state index contributed by atoms with van der Waals surface area (Å²) in [7, 11) is 3.20. The van der Waals surface area contributed by atoms with Crippen LogP contribution in [-0.4, -0.2) is 43.5 Å². The van der Waals surface area contributed by atoms with Gasteiger partial charge in [-0.2, -0.15) is 0 Å². The summed E-state index contributed by atoms with van der Waals surface area (Å²) in [5, 5.41) is 3.03. The molecule has 0 saturated carbocycles. The van der Waals surface area contributed by atoms with Crippen LogP contribution in [0.15, 0.2) is 42.5 Å². The van der Waals surface area contributed by atoms with E-state index in [4.69, 9.17) is 9.47 Å². The lowest BCUT2D eigenvalue weighted by atomic mass is 9.96. The third-order valence-corrected chi connectivity index (χ3v) is 5.80. The molecule has 0 fully saturated rings. The number of nitrogens with zero attached hydrogens (tertiary/aromatic N) is 1. The predicted octanol–water partition coefficient (Wildman–Crippen LogP) is 3.43. The molecule has 0 spiro atoms. The number of carbonyl (C=O) groups is 2. The normalized spacial score (nSPS) is 14.8. The van der Waals surface area contributed by atoms with Crippen molar-refractivity contribution in [3.63, 3.8) is 0 Å². The maximum Gasteiger partial charge on any atom is 0.255 e. The van der Waals surface area contributed by atoms with Crippen molar-refractivity contribution in [1.82, 2.24) is 10.2 Å². The molecule has 2 atom stereocenters. The summed E-state index contributed by atoms with van der Waals surface area (Å²) in [6.45, 7) is 5.03. The van der Waals surface area contributed by atoms with Gasteiger partial charge in [-0.1, -0.05) is 44.5 Å². The summed E-state index contributed by atoms with van der Waals surface area (Å²) in [4.78, 5) is 27.7. The zero-order chi connectivity index (χ0) is 21.7. The fraction of sp³-hybridized carbons (Fsp3) is 0.417. The fourth-order valence-corrected chi connectivity index (χ4v) is 3.90. The molecule has 0 unspecified atom stereocenters. The van der Waals surface area contributed by atoms with Gasteiger partial charge in [0, 0.05) is 18.7 Å². The van der Waals surface area contributed by atoms with E-state index in [0.717, 1.165) is 17.5 Å². The van der Waals surface area contributed by atoms with E-state index in [-0.39, 0.29) is 17.7 Å². The third kappa shape index (κ3) is 4.42. The molecule has 160 valence electrons. The van der Waals surface area contributed by atoms with Crippen LogP contribution in [0.1, 0.15) is 41.8 Å². The molecule has 1 aliphatic rings.